The van der Waals surface area contributed by atoms with Gasteiger partial charge in [0.05, 0.1) is 11.3 Å². The van der Waals surface area contributed by atoms with Gasteiger partial charge >= 0.3 is 0 Å². The molecule has 146 valence electrons. The number of anilines is 2. The van der Waals surface area contributed by atoms with Crippen molar-refractivity contribution in [1.82, 2.24) is 9.80 Å². The lowest BCUT2D eigenvalue weighted by atomic mass is 9.99. The second-order valence-electron chi connectivity index (χ2n) is 7.64. The van der Waals surface area contributed by atoms with Gasteiger partial charge in [0.1, 0.15) is 0 Å². The van der Waals surface area contributed by atoms with Gasteiger partial charge in [0.15, 0.2) is 0 Å². The zero-order chi connectivity index (χ0) is 20.0. The lowest BCUT2D eigenvalue weighted by Crippen LogP contribution is -2.47. The first-order valence-corrected chi connectivity index (χ1v) is 9.82. The van der Waals surface area contributed by atoms with E-state index in [9.17, 15) is 9.59 Å². The summed E-state index contributed by atoms with van der Waals surface area (Å²) in [5.74, 6) is -0.0359. The summed E-state index contributed by atoms with van der Waals surface area (Å²) in [5.41, 5.74) is 5.66. The van der Waals surface area contributed by atoms with E-state index >= 15 is 0 Å². The Kier molecular flexibility index (Phi) is 4.21. The molecule has 0 saturated carbocycles. The van der Waals surface area contributed by atoms with Crippen molar-refractivity contribution >= 4 is 34.8 Å². The SMILES string of the molecule is CN1CCN(C(=O)c2ccc3c(c2)C=CC(=C2C(=O)Nc4ccccc42)N3)CC1. The largest absolute Gasteiger partial charge is 0.354 e. The lowest BCUT2D eigenvalue weighted by molar-refractivity contribution is -0.110. The third-order valence-electron chi connectivity index (χ3n) is 5.73. The minimum absolute atomic E-state index is 0.0718. The third-order valence-corrected chi connectivity index (χ3v) is 5.73. The first kappa shape index (κ1) is 17.7. The minimum atomic E-state index is -0.108. The molecule has 29 heavy (non-hydrogen) atoms. The van der Waals surface area contributed by atoms with E-state index in [1.54, 1.807) is 0 Å². The number of fused-ring (bicyclic) bond motifs is 2. The molecule has 6 nitrogen and oxygen atoms in total. The Morgan fingerprint density at radius 1 is 0.931 bits per heavy atom. The highest BCUT2D eigenvalue weighted by Crippen LogP contribution is 2.36. The summed E-state index contributed by atoms with van der Waals surface area (Å²) < 4.78 is 0. The van der Waals surface area contributed by atoms with Crippen molar-refractivity contribution in [2.45, 2.75) is 0 Å². The molecule has 2 N–H and O–H groups in total. The van der Waals surface area contributed by atoms with Crippen LogP contribution in [-0.4, -0.2) is 54.8 Å². The third kappa shape index (κ3) is 3.11. The van der Waals surface area contributed by atoms with E-state index in [1.807, 2.05) is 59.5 Å². The first-order chi connectivity index (χ1) is 14.1. The van der Waals surface area contributed by atoms with Crippen molar-refractivity contribution in [3.05, 3.63) is 70.9 Å². The molecule has 0 radical (unpaired) electrons. The van der Waals surface area contributed by atoms with Crippen molar-refractivity contribution in [3.8, 4) is 0 Å². The number of benzene rings is 2. The van der Waals surface area contributed by atoms with Gasteiger partial charge in [-0.05, 0) is 43.0 Å². The van der Waals surface area contributed by atoms with Gasteiger partial charge in [-0.1, -0.05) is 24.3 Å². The fraction of sp³-hybridized carbons (Fsp3) is 0.217. The Morgan fingerprint density at radius 3 is 2.55 bits per heavy atom. The van der Waals surface area contributed by atoms with Gasteiger partial charge in [0, 0.05) is 48.7 Å². The summed E-state index contributed by atoms with van der Waals surface area (Å²) in [4.78, 5) is 29.5. The predicted molar refractivity (Wildman–Crippen MR) is 114 cm³/mol. The number of nitrogens with one attached hydrogen (secondary N) is 2. The summed E-state index contributed by atoms with van der Waals surface area (Å²) in [6, 6.07) is 13.4. The van der Waals surface area contributed by atoms with E-state index in [0.717, 1.165) is 54.4 Å². The number of para-hydroxylation sites is 1. The summed E-state index contributed by atoms with van der Waals surface area (Å²) >= 11 is 0. The fourth-order valence-corrected chi connectivity index (χ4v) is 4.03. The summed E-state index contributed by atoms with van der Waals surface area (Å²) in [5, 5.41) is 6.27. The van der Waals surface area contributed by atoms with Crippen LogP contribution >= 0.6 is 0 Å². The highest BCUT2D eigenvalue weighted by Gasteiger charge is 2.28. The zero-order valence-corrected chi connectivity index (χ0v) is 16.2. The normalized spacial score (nSPS) is 20.7. The molecule has 0 bridgehead atoms. The number of allylic oxidation sites excluding steroid dienone is 1. The molecule has 0 atom stereocenters. The standard InChI is InChI=1S/C23H22N4O2/c1-26-10-12-27(13-11-26)23(29)16-7-8-18-15(14-16)6-9-20(24-18)21-17-4-2-3-5-19(17)25-22(21)28/h2-9,14,24H,10-13H2,1H3,(H,25,28). The van der Waals surface area contributed by atoms with Crippen LogP contribution < -0.4 is 10.6 Å². The number of nitrogens with zero attached hydrogens (tertiary/aromatic N) is 2. The molecule has 0 spiro atoms. The quantitative estimate of drug-likeness (QED) is 0.740. The molecular formula is C23H22N4O2. The maximum absolute atomic E-state index is 12.8. The van der Waals surface area contributed by atoms with Crippen LogP contribution in [0.25, 0.3) is 11.6 Å². The molecular weight excluding hydrogens is 364 g/mol. The Labute approximate surface area is 169 Å². The van der Waals surface area contributed by atoms with Crippen molar-refractivity contribution in [2.75, 3.05) is 43.9 Å². The number of hydrogen-bond donors (Lipinski definition) is 2. The number of amides is 2. The molecule has 2 aromatic rings. The smallest absolute Gasteiger partial charge is 0.258 e. The van der Waals surface area contributed by atoms with Gasteiger partial charge in [-0.15, -0.1) is 0 Å². The van der Waals surface area contributed by atoms with E-state index in [-0.39, 0.29) is 11.8 Å². The second kappa shape index (κ2) is 6.90. The van der Waals surface area contributed by atoms with Gasteiger partial charge in [0.25, 0.3) is 11.8 Å². The highest BCUT2D eigenvalue weighted by molar-refractivity contribution is 6.33. The van der Waals surface area contributed by atoms with Crippen LogP contribution in [0, 0.1) is 0 Å². The summed E-state index contributed by atoms with van der Waals surface area (Å²) in [6.07, 6.45) is 3.87. The van der Waals surface area contributed by atoms with Gasteiger partial charge in [-0.3, -0.25) is 9.59 Å². The molecule has 6 heteroatoms. The van der Waals surface area contributed by atoms with Crippen LogP contribution in [0.1, 0.15) is 21.5 Å². The van der Waals surface area contributed by atoms with Gasteiger partial charge in [-0.2, -0.15) is 0 Å². The average Bonchev–Trinajstić information content (AvgIpc) is 3.08. The van der Waals surface area contributed by atoms with Crippen molar-refractivity contribution in [2.24, 2.45) is 0 Å². The Balaban J connectivity index is 1.43. The van der Waals surface area contributed by atoms with E-state index < -0.39 is 0 Å². The Hall–Kier alpha value is -3.38. The molecule has 0 unspecified atom stereocenters. The van der Waals surface area contributed by atoms with Crippen LogP contribution in [-0.2, 0) is 4.79 Å². The maximum Gasteiger partial charge on any atom is 0.258 e. The van der Waals surface area contributed by atoms with Crippen LogP contribution in [0.3, 0.4) is 0 Å². The van der Waals surface area contributed by atoms with Crippen LogP contribution in [0.5, 0.6) is 0 Å². The van der Waals surface area contributed by atoms with Crippen LogP contribution in [0.15, 0.2) is 54.2 Å². The molecule has 2 amide bonds. The maximum atomic E-state index is 12.8. The molecule has 3 aliphatic heterocycles. The number of carbonyl (C=O) groups is 2. The fourth-order valence-electron chi connectivity index (χ4n) is 4.03. The molecule has 1 fully saturated rings. The molecule has 2 aromatic carbocycles. The van der Waals surface area contributed by atoms with E-state index in [4.69, 9.17) is 0 Å². The zero-order valence-electron chi connectivity index (χ0n) is 16.2. The molecule has 1 saturated heterocycles. The van der Waals surface area contributed by atoms with E-state index in [2.05, 4.69) is 22.6 Å². The Morgan fingerprint density at radius 2 is 1.72 bits per heavy atom. The van der Waals surface area contributed by atoms with Gasteiger partial charge in [-0.25, -0.2) is 0 Å². The van der Waals surface area contributed by atoms with Crippen molar-refractivity contribution in [3.63, 3.8) is 0 Å². The number of hydrogen-bond acceptors (Lipinski definition) is 4. The number of rotatable bonds is 1. The average molecular weight is 386 g/mol. The van der Waals surface area contributed by atoms with Gasteiger partial charge in [0.2, 0.25) is 0 Å². The number of likely N-dealkylation sites (N-methyl/N-ethyl adjacent to an activating group) is 1. The topological polar surface area (TPSA) is 64.7 Å². The first-order valence-electron chi connectivity index (χ1n) is 9.82. The molecule has 5 rings (SSSR count). The molecule has 3 aliphatic rings. The lowest BCUT2D eigenvalue weighted by Gasteiger charge is -2.32. The highest BCUT2D eigenvalue weighted by atomic mass is 16.2. The molecule has 0 aromatic heterocycles. The van der Waals surface area contributed by atoms with E-state index in [0.29, 0.717) is 11.1 Å². The minimum Gasteiger partial charge on any atom is -0.354 e. The van der Waals surface area contributed by atoms with E-state index in [1.165, 1.54) is 0 Å². The van der Waals surface area contributed by atoms with Crippen molar-refractivity contribution < 1.29 is 9.59 Å². The van der Waals surface area contributed by atoms with Crippen molar-refractivity contribution in [1.29, 1.82) is 0 Å². The number of carbonyl (C=O) groups excluding carboxylic acids is 2. The molecule has 0 aliphatic carbocycles. The second-order valence-corrected chi connectivity index (χ2v) is 7.64. The Bertz CT molecular complexity index is 1080. The van der Waals surface area contributed by atoms with Crippen LogP contribution in [0.2, 0.25) is 0 Å². The van der Waals surface area contributed by atoms with Crippen LogP contribution in [0.4, 0.5) is 11.4 Å². The summed E-state index contributed by atoms with van der Waals surface area (Å²) in [7, 11) is 2.08. The monoisotopic (exact) mass is 386 g/mol. The molecule has 3 heterocycles. The predicted octanol–water partition coefficient (Wildman–Crippen LogP) is 2.88. The number of piperazine rings is 1. The van der Waals surface area contributed by atoms with Gasteiger partial charge < -0.3 is 20.4 Å². The summed E-state index contributed by atoms with van der Waals surface area (Å²) in [6.45, 7) is 3.31.